The molecule has 0 fully saturated rings. The summed E-state index contributed by atoms with van der Waals surface area (Å²) in [5.74, 6) is 0. The maximum absolute atomic E-state index is 11.1. The summed E-state index contributed by atoms with van der Waals surface area (Å²) >= 11 is 5.65. The highest BCUT2D eigenvalue weighted by Crippen LogP contribution is 2.32. The molecule has 0 atom stereocenters. The molecule has 0 bridgehead atoms. The monoisotopic (exact) mass is 244 g/mol. The lowest BCUT2D eigenvalue weighted by molar-refractivity contribution is -0.383. The molecule has 0 aliphatic carbocycles. The molecule has 1 amide bonds. The summed E-state index contributed by atoms with van der Waals surface area (Å²) in [4.78, 5) is 21.1. The lowest BCUT2D eigenvalue weighted by atomic mass is 10.2. The van der Waals surface area contributed by atoms with Crippen LogP contribution in [0, 0.1) is 10.1 Å². The Bertz CT molecular complexity index is 422. The van der Waals surface area contributed by atoms with Crippen LogP contribution in [-0.4, -0.2) is 17.6 Å². The molecule has 1 aromatic rings. The molecule has 16 heavy (non-hydrogen) atoms. The van der Waals surface area contributed by atoms with Gasteiger partial charge in [-0.2, -0.15) is 0 Å². The van der Waals surface area contributed by atoms with Gasteiger partial charge >= 0.3 is 11.8 Å². The minimum absolute atomic E-state index is 0.0101. The minimum Gasteiger partial charge on any atom is -0.450 e. The normalized spacial score (nSPS) is 9.62. The van der Waals surface area contributed by atoms with Crippen molar-refractivity contribution in [2.75, 3.05) is 11.9 Å². The van der Waals surface area contributed by atoms with Crippen molar-refractivity contribution in [2.24, 2.45) is 0 Å². The Morgan fingerprint density at radius 3 is 2.88 bits per heavy atom. The van der Waals surface area contributed by atoms with Gasteiger partial charge in [-0.15, -0.1) is 0 Å². The first-order valence-electron chi connectivity index (χ1n) is 4.43. The number of nitro benzene ring substituents is 1. The van der Waals surface area contributed by atoms with Crippen molar-refractivity contribution in [3.05, 3.63) is 33.3 Å². The fourth-order valence-corrected chi connectivity index (χ4v) is 1.32. The summed E-state index contributed by atoms with van der Waals surface area (Å²) in [5.41, 5.74) is -0.340. The van der Waals surface area contributed by atoms with E-state index in [-0.39, 0.29) is 23.0 Å². The van der Waals surface area contributed by atoms with Crippen LogP contribution in [0.1, 0.15) is 6.92 Å². The minimum atomic E-state index is -0.757. The van der Waals surface area contributed by atoms with Gasteiger partial charge in [-0.1, -0.05) is 17.7 Å². The molecule has 7 heteroatoms. The molecule has 0 aromatic heterocycles. The number of halogens is 1. The zero-order valence-corrected chi connectivity index (χ0v) is 9.15. The molecule has 0 saturated carbocycles. The van der Waals surface area contributed by atoms with E-state index in [9.17, 15) is 14.9 Å². The van der Waals surface area contributed by atoms with Crippen molar-refractivity contribution in [3.8, 4) is 0 Å². The van der Waals surface area contributed by atoms with Crippen molar-refractivity contribution in [3.63, 3.8) is 0 Å². The summed E-state index contributed by atoms with van der Waals surface area (Å²) in [6, 6.07) is 4.24. The van der Waals surface area contributed by atoms with Gasteiger partial charge in [0.1, 0.15) is 10.7 Å². The summed E-state index contributed by atoms with van der Waals surface area (Å²) in [7, 11) is 0. The molecule has 1 rings (SSSR count). The molecule has 0 unspecified atom stereocenters. The number of para-hydroxylation sites is 1. The van der Waals surface area contributed by atoms with Crippen molar-refractivity contribution < 1.29 is 14.5 Å². The molecule has 0 saturated heterocycles. The third-order valence-electron chi connectivity index (χ3n) is 1.68. The van der Waals surface area contributed by atoms with Gasteiger partial charge in [0.05, 0.1) is 11.5 Å². The van der Waals surface area contributed by atoms with Crippen LogP contribution in [0.15, 0.2) is 18.2 Å². The topological polar surface area (TPSA) is 81.5 Å². The zero-order chi connectivity index (χ0) is 12.1. The highest BCUT2D eigenvalue weighted by atomic mass is 35.5. The van der Waals surface area contributed by atoms with E-state index in [1.54, 1.807) is 6.92 Å². The summed E-state index contributed by atoms with van der Waals surface area (Å²) < 4.78 is 4.60. The number of hydrogen-bond acceptors (Lipinski definition) is 4. The molecule has 6 nitrogen and oxygen atoms in total. The quantitative estimate of drug-likeness (QED) is 0.655. The van der Waals surface area contributed by atoms with Crippen molar-refractivity contribution >= 4 is 29.1 Å². The standard InChI is InChI=1S/C9H9ClN2O4/c1-2-16-9(13)11-7-5-3-4-6(10)8(7)12(14)15/h3-5H,2H2,1H3,(H,11,13). The average Bonchev–Trinajstić information content (AvgIpc) is 2.17. The molecule has 1 aromatic carbocycles. The van der Waals surface area contributed by atoms with Gasteiger partial charge in [0.2, 0.25) is 0 Å². The van der Waals surface area contributed by atoms with Crippen molar-refractivity contribution in [1.82, 2.24) is 0 Å². The molecule has 0 aliphatic rings. The van der Waals surface area contributed by atoms with Gasteiger partial charge in [0.15, 0.2) is 0 Å². The first-order chi connectivity index (χ1) is 7.56. The van der Waals surface area contributed by atoms with E-state index in [1.165, 1.54) is 18.2 Å². The Balaban J connectivity index is 3.00. The lowest BCUT2D eigenvalue weighted by Gasteiger charge is -2.06. The second-order valence-electron chi connectivity index (χ2n) is 2.74. The summed E-state index contributed by atoms with van der Waals surface area (Å²) in [5, 5.41) is 12.9. The predicted octanol–water partition coefficient (Wildman–Crippen LogP) is 2.82. The molecular weight excluding hydrogens is 236 g/mol. The van der Waals surface area contributed by atoms with Gasteiger partial charge in [0, 0.05) is 0 Å². The number of benzene rings is 1. The van der Waals surface area contributed by atoms with Gasteiger partial charge in [-0.25, -0.2) is 4.79 Å². The van der Waals surface area contributed by atoms with E-state index in [1.807, 2.05) is 0 Å². The van der Waals surface area contributed by atoms with Crippen LogP contribution in [-0.2, 0) is 4.74 Å². The second kappa shape index (κ2) is 5.32. The van der Waals surface area contributed by atoms with E-state index in [0.717, 1.165) is 0 Å². The maximum atomic E-state index is 11.1. The van der Waals surface area contributed by atoms with Crippen LogP contribution in [0.3, 0.4) is 0 Å². The van der Waals surface area contributed by atoms with Gasteiger partial charge in [0.25, 0.3) is 0 Å². The van der Waals surface area contributed by atoms with E-state index in [2.05, 4.69) is 10.1 Å². The van der Waals surface area contributed by atoms with Crippen LogP contribution in [0.4, 0.5) is 16.2 Å². The third-order valence-corrected chi connectivity index (χ3v) is 1.99. The molecule has 1 N–H and O–H groups in total. The first-order valence-corrected chi connectivity index (χ1v) is 4.80. The fraction of sp³-hybridized carbons (Fsp3) is 0.222. The lowest BCUT2D eigenvalue weighted by Crippen LogP contribution is -2.14. The molecule has 0 aliphatic heterocycles. The Morgan fingerprint density at radius 1 is 1.62 bits per heavy atom. The number of nitrogens with one attached hydrogen (secondary N) is 1. The Morgan fingerprint density at radius 2 is 2.31 bits per heavy atom. The molecule has 0 heterocycles. The molecule has 86 valence electrons. The number of rotatable bonds is 3. The summed E-state index contributed by atoms with van der Waals surface area (Å²) in [6.45, 7) is 1.81. The highest BCUT2D eigenvalue weighted by Gasteiger charge is 2.19. The average molecular weight is 245 g/mol. The highest BCUT2D eigenvalue weighted by molar-refractivity contribution is 6.33. The smallest absolute Gasteiger partial charge is 0.411 e. The summed E-state index contributed by atoms with van der Waals surface area (Å²) in [6.07, 6.45) is -0.757. The van der Waals surface area contributed by atoms with E-state index >= 15 is 0 Å². The van der Waals surface area contributed by atoms with Crippen LogP contribution in [0.5, 0.6) is 0 Å². The fourth-order valence-electron chi connectivity index (χ4n) is 1.08. The molecule has 0 spiro atoms. The first kappa shape index (κ1) is 12.3. The second-order valence-corrected chi connectivity index (χ2v) is 3.15. The number of hydrogen-bond donors (Lipinski definition) is 1. The van der Waals surface area contributed by atoms with E-state index in [4.69, 9.17) is 11.6 Å². The van der Waals surface area contributed by atoms with Crippen LogP contribution in [0.25, 0.3) is 0 Å². The number of nitrogens with zero attached hydrogens (tertiary/aromatic N) is 1. The largest absolute Gasteiger partial charge is 0.450 e. The van der Waals surface area contributed by atoms with Crippen LogP contribution in [0.2, 0.25) is 5.02 Å². The number of carbonyl (C=O) groups excluding carboxylic acids is 1. The number of amides is 1. The molecular formula is C9H9ClN2O4. The van der Waals surface area contributed by atoms with Crippen LogP contribution >= 0.6 is 11.6 Å². The Hall–Kier alpha value is -1.82. The maximum Gasteiger partial charge on any atom is 0.411 e. The number of anilines is 1. The Labute approximate surface area is 96.3 Å². The third kappa shape index (κ3) is 2.83. The van der Waals surface area contributed by atoms with Crippen molar-refractivity contribution in [2.45, 2.75) is 6.92 Å². The van der Waals surface area contributed by atoms with Gasteiger partial charge in [-0.3, -0.25) is 15.4 Å². The van der Waals surface area contributed by atoms with Gasteiger partial charge < -0.3 is 4.74 Å². The zero-order valence-electron chi connectivity index (χ0n) is 8.40. The van der Waals surface area contributed by atoms with Gasteiger partial charge in [-0.05, 0) is 19.1 Å². The number of carbonyl (C=O) groups is 1. The van der Waals surface area contributed by atoms with Crippen molar-refractivity contribution in [1.29, 1.82) is 0 Å². The van der Waals surface area contributed by atoms with E-state index < -0.39 is 11.0 Å². The predicted molar refractivity (Wildman–Crippen MR) is 58.8 cm³/mol. The Kier molecular flexibility index (Phi) is 4.07. The number of ether oxygens (including phenoxy) is 1. The van der Waals surface area contributed by atoms with Crippen LogP contribution < -0.4 is 5.32 Å². The molecule has 0 radical (unpaired) electrons. The van der Waals surface area contributed by atoms with E-state index in [0.29, 0.717) is 0 Å². The SMILES string of the molecule is CCOC(=O)Nc1cccc(Cl)c1[N+](=O)[O-]. The number of nitro groups is 1.